The summed E-state index contributed by atoms with van der Waals surface area (Å²) in [6.07, 6.45) is 1.78. The molecule has 0 unspecified atom stereocenters. The number of H-pyrrole nitrogens is 1. The number of nitrogens with one attached hydrogen (secondary N) is 1. The minimum atomic E-state index is -0.0233. The van der Waals surface area contributed by atoms with E-state index in [0.29, 0.717) is 30.0 Å². The molecule has 1 aliphatic heterocycles. The Balaban J connectivity index is 1.35. The number of aromatic nitrogens is 3. The van der Waals surface area contributed by atoms with E-state index in [2.05, 4.69) is 38.8 Å². The maximum Gasteiger partial charge on any atom is 0.256 e. The first-order valence-corrected chi connectivity index (χ1v) is 13.6. The van der Waals surface area contributed by atoms with Crippen molar-refractivity contribution in [1.82, 2.24) is 29.9 Å². The number of fused-ring (bicyclic) bond motifs is 1. The van der Waals surface area contributed by atoms with Crippen LogP contribution in [0.25, 0.3) is 33.4 Å². The number of ether oxygens (including phenoxy) is 1. The van der Waals surface area contributed by atoms with Crippen LogP contribution in [0.4, 0.5) is 5.69 Å². The monoisotopic (exact) mass is 527 g/mol. The highest BCUT2D eigenvalue weighted by Gasteiger charge is 2.24. The Morgan fingerprint density at radius 3 is 2.56 bits per heavy atom. The minimum absolute atomic E-state index is 0.0233. The third-order valence-electron chi connectivity index (χ3n) is 7.69. The summed E-state index contributed by atoms with van der Waals surface area (Å²) in [5.41, 5.74) is 11.5. The van der Waals surface area contributed by atoms with Gasteiger partial charge in [0, 0.05) is 67.7 Å². The molecule has 0 radical (unpaired) electrons. The summed E-state index contributed by atoms with van der Waals surface area (Å²) in [6.45, 7) is 11.8. The average Bonchev–Trinajstić information content (AvgIpc) is 3.41. The lowest BCUT2D eigenvalue weighted by molar-refractivity contribution is 0.0626. The number of methoxy groups -OCH3 is 1. The number of nitrogen functional groups attached to an aromatic ring is 1. The Labute approximate surface area is 229 Å². The van der Waals surface area contributed by atoms with E-state index in [1.54, 1.807) is 13.3 Å². The standard InChI is InChI=1S/C30H37N7O2/c1-4-35(5-2)12-13-36-14-16-37(17-15-36)30(38)24-18-21(10-11-26(24)31)22-19-25-28(33-34-29(25)32-20-22)23-8-6-7-9-27(23)39-3/h6-11,18-20H,4-5,12-17,31H2,1-3H3,(H,32,33,34). The lowest BCUT2D eigenvalue weighted by Gasteiger charge is -2.36. The predicted octanol–water partition coefficient (Wildman–Crippen LogP) is 3.98. The van der Waals surface area contributed by atoms with E-state index in [4.69, 9.17) is 10.5 Å². The van der Waals surface area contributed by atoms with Crippen LogP contribution in [0.5, 0.6) is 5.75 Å². The van der Waals surface area contributed by atoms with Crippen molar-refractivity contribution in [2.24, 2.45) is 0 Å². The Kier molecular flexibility index (Phi) is 8.09. The number of amides is 1. The van der Waals surface area contributed by atoms with E-state index in [1.807, 2.05) is 53.4 Å². The third kappa shape index (κ3) is 5.60. The Hall–Kier alpha value is -3.95. The van der Waals surface area contributed by atoms with Crippen molar-refractivity contribution in [2.75, 3.05) is 65.2 Å². The number of likely N-dealkylation sites (N-methyl/N-ethyl adjacent to an activating group) is 1. The van der Waals surface area contributed by atoms with Gasteiger partial charge in [-0.3, -0.25) is 14.8 Å². The van der Waals surface area contributed by atoms with Gasteiger partial charge in [-0.15, -0.1) is 0 Å². The number of carbonyl (C=O) groups is 1. The van der Waals surface area contributed by atoms with Crippen LogP contribution in [0.1, 0.15) is 24.2 Å². The normalized spacial score (nSPS) is 14.3. The van der Waals surface area contributed by atoms with E-state index in [1.165, 1.54) is 0 Å². The zero-order chi connectivity index (χ0) is 27.4. The van der Waals surface area contributed by atoms with Gasteiger partial charge in [0.15, 0.2) is 5.65 Å². The summed E-state index contributed by atoms with van der Waals surface area (Å²) in [5.74, 6) is 0.728. The second kappa shape index (κ2) is 11.8. The summed E-state index contributed by atoms with van der Waals surface area (Å²) in [6, 6.07) is 15.5. The van der Waals surface area contributed by atoms with E-state index in [-0.39, 0.29) is 5.91 Å². The van der Waals surface area contributed by atoms with Crippen LogP contribution in [0, 0.1) is 0 Å². The molecule has 0 aliphatic carbocycles. The quantitative estimate of drug-likeness (QED) is 0.317. The van der Waals surface area contributed by atoms with Crippen LogP contribution < -0.4 is 10.5 Å². The Morgan fingerprint density at radius 2 is 1.82 bits per heavy atom. The van der Waals surface area contributed by atoms with Gasteiger partial charge in [0.1, 0.15) is 5.75 Å². The number of pyridine rings is 1. The molecule has 0 bridgehead atoms. The molecule has 0 spiro atoms. The molecule has 9 nitrogen and oxygen atoms in total. The van der Waals surface area contributed by atoms with Gasteiger partial charge >= 0.3 is 0 Å². The maximum absolute atomic E-state index is 13.5. The van der Waals surface area contributed by atoms with Gasteiger partial charge in [0.05, 0.1) is 18.4 Å². The molecule has 39 heavy (non-hydrogen) atoms. The van der Waals surface area contributed by atoms with E-state index in [9.17, 15) is 4.79 Å². The number of piperazine rings is 1. The maximum atomic E-state index is 13.5. The molecular formula is C30H37N7O2. The Morgan fingerprint density at radius 1 is 1.05 bits per heavy atom. The van der Waals surface area contributed by atoms with Gasteiger partial charge in [-0.2, -0.15) is 5.10 Å². The number of para-hydroxylation sites is 1. The number of hydrogen-bond acceptors (Lipinski definition) is 7. The molecule has 1 amide bonds. The van der Waals surface area contributed by atoms with Crippen molar-refractivity contribution in [3.8, 4) is 28.1 Å². The SMILES string of the molecule is CCN(CC)CCN1CCN(C(=O)c2cc(-c3cnc4n[nH]c(-c5ccccc5OC)c4c3)ccc2N)CC1. The van der Waals surface area contributed by atoms with Crippen LogP contribution >= 0.6 is 0 Å². The zero-order valence-electron chi connectivity index (χ0n) is 23.0. The fourth-order valence-corrected chi connectivity index (χ4v) is 5.20. The second-order valence-corrected chi connectivity index (χ2v) is 9.86. The number of nitrogens with zero attached hydrogens (tertiary/aromatic N) is 5. The average molecular weight is 528 g/mol. The molecule has 5 rings (SSSR count). The largest absolute Gasteiger partial charge is 0.496 e. The smallest absolute Gasteiger partial charge is 0.256 e. The molecule has 3 heterocycles. The van der Waals surface area contributed by atoms with Crippen molar-refractivity contribution in [2.45, 2.75) is 13.8 Å². The number of rotatable bonds is 9. The van der Waals surface area contributed by atoms with Crippen LogP contribution in [0.15, 0.2) is 54.7 Å². The van der Waals surface area contributed by atoms with Crippen molar-refractivity contribution in [3.63, 3.8) is 0 Å². The van der Waals surface area contributed by atoms with Crippen molar-refractivity contribution < 1.29 is 9.53 Å². The lowest BCUT2D eigenvalue weighted by Crippen LogP contribution is -2.50. The third-order valence-corrected chi connectivity index (χ3v) is 7.69. The second-order valence-electron chi connectivity index (χ2n) is 9.86. The van der Waals surface area contributed by atoms with Crippen LogP contribution in [-0.4, -0.2) is 95.3 Å². The van der Waals surface area contributed by atoms with E-state index >= 15 is 0 Å². The summed E-state index contributed by atoms with van der Waals surface area (Å²) in [7, 11) is 1.65. The van der Waals surface area contributed by atoms with E-state index < -0.39 is 0 Å². The molecule has 1 fully saturated rings. The number of anilines is 1. The van der Waals surface area contributed by atoms with E-state index in [0.717, 1.165) is 72.8 Å². The first-order valence-electron chi connectivity index (χ1n) is 13.6. The van der Waals surface area contributed by atoms with Crippen molar-refractivity contribution in [3.05, 3.63) is 60.3 Å². The van der Waals surface area contributed by atoms with Gasteiger partial charge in [-0.05, 0) is 49.0 Å². The molecule has 1 saturated heterocycles. The number of carbonyl (C=O) groups excluding carboxylic acids is 1. The van der Waals surface area contributed by atoms with Crippen molar-refractivity contribution >= 4 is 22.6 Å². The van der Waals surface area contributed by atoms with Gasteiger partial charge < -0.3 is 20.3 Å². The molecule has 2 aromatic carbocycles. The van der Waals surface area contributed by atoms with Gasteiger partial charge in [-0.1, -0.05) is 32.0 Å². The molecule has 4 aromatic rings. The number of hydrogen-bond donors (Lipinski definition) is 2. The number of nitrogens with two attached hydrogens (primary N) is 1. The molecular weight excluding hydrogens is 490 g/mol. The first kappa shape index (κ1) is 26.6. The van der Waals surface area contributed by atoms with Gasteiger partial charge in [0.2, 0.25) is 0 Å². The lowest BCUT2D eigenvalue weighted by atomic mass is 10.0. The van der Waals surface area contributed by atoms with Gasteiger partial charge in [-0.25, -0.2) is 4.98 Å². The summed E-state index contributed by atoms with van der Waals surface area (Å²) >= 11 is 0. The highest BCUT2D eigenvalue weighted by molar-refractivity contribution is 6.01. The number of aromatic amines is 1. The molecule has 0 saturated carbocycles. The topological polar surface area (TPSA) is 104 Å². The fourth-order valence-electron chi connectivity index (χ4n) is 5.20. The highest BCUT2D eigenvalue weighted by atomic mass is 16.5. The summed E-state index contributed by atoms with van der Waals surface area (Å²) in [5, 5.41) is 8.37. The van der Waals surface area contributed by atoms with Crippen LogP contribution in [0.3, 0.4) is 0 Å². The molecule has 9 heteroatoms. The molecule has 204 valence electrons. The summed E-state index contributed by atoms with van der Waals surface area (Å²) < 4.78 is 5.56. The number of benzene rings is 2. The highest BCUT2D eigenvalue weighted by Crippen LogP contribution is 2.34. The molecule has 2 aromatic heterocycles. The zero-order valence-corrected chi connectivity index (χ0v) is 23.0. The Bertz CT molecular complexity index is 1440. The predicted molar refractivity (Wildman–Crippen MR) is 156 cm³/mol. The fraction of sp³-hybridized carbons (Fsp3) is 0.367. The minimum Gasteiger partial charge on any atom is -0.496 e. The van der Waals surface area contributed by atoms with Gasteiger partial charge in [0.25, 0.3) is 5.91 Å². The summed E-state index contributed by atoms with van der Waals surface area (Å²) in [4.78, 5) is 24.9. The molecule has 0 atom stereocenters. The van der Waals surface area contributed by atoms with Crippen LogP contribution in [0.2, 0.25) is 0 Å². The molecule has 3 N–H and O–H groups in total. The van der Waals surface area contributed by atoms with Crippen LogP contribution in [-0.2, 0) is 0 Å². The molecule has 1 aliphatic rings. The van der Waals surface area contributed by atoms with Crippen molar-refractivity contribution in [1.29, 1.82) is 0 Å². The first-order chi connectivity index (χ1) is 19.0.